The van der Waals surface area contributed by atoms with Crippen LogP contribution in [0, 0.1) is 0 Å². The van der Waals surface area contributed by atoms with E-state index in [1.807, 2.05) is 0 Å². The van der Waals surface area contributed by atoms with Gasteiger partial charge in [0.15, 0.2) is 0 Å². The molecule has 0 fully saturated rings. The molecule has 0 aliphatic rings. The molecule has 0 saturated carbocycles. The molecular formula is C22H14O18S. The highest BCUT2D eigenvalue weighted by Gasteiger charge is 2.40. The van der Waals surface area contributed by atoms with Crippen molar-refractivity contribution in [2.45, 2.75) is 10.1 Å². The molecular weight excluding hydrogens is 584 g/mol. The minimum atomic E-state index is -2.26. The summed E-state index contributed by atoms with van der Waals surface area (Å²) in [6.45, 7) is 0. The van der Waals surface area contributed by atoms with Gasteiger partial charge in [-0.3, -0.25) is 9.59 Å². The van der Waals surface area contributed by atoms with E-state index >= 15 is 0 Å². The Labute approximate surface area is 228 Å². The van der Waals surface area contributed by atoms with Crippen LogP contribution >= 0.6 is 11.8 Å². The van der Waals surface area contributed by atoms with E-state index in [9.17, 15) is 43.2 Å². The normalized spacial score (nSPS) is 10.1. The largest absolute Gasteiger partial charge is 0.480 e. The predicted octanol–water partition coefficient (Wildman–Crippen LogP) is 0.891. The summed E-state index contributed by atoms with van der Waals surface area (Å²) in [5.41, 5.74) is -10.1. The molecule has 0 aliphatic carbocycles. The van der Waals surface area contributed by atoms with Gasteiger partial charge in [0.2, 0.25) is 5.25 Å². The number of benzene rings is 2. The molecule has 19 heteroatoms. The molecule has 0 amide bonds. The number of hydrogen-bond acceptors (Lipinski definition) is 10. The van der Waals surface area contributed by atoms with Crippen molar-refractivity contribution in [3.63, 3.8) is 0 Å². The lowest BCUT2D eigenvalue weighted by Crippen LogP contribution is -2.27. The Hall–Kier alpha value is -5.98. The van der Waals surface area contributed by atoms with Gasteiger partial charge in [-0.25, -0.2) is 33.6 Å². The standard InChI is InChI=1S/C12H6O12.C10H8O6S/c13-7(14)1-2(8(15)16)4(10(19)20)6(12(23)24)5(11(21)22)3(1)9(17)18;11-8(12)5-3-1-2-4-6(5)17-7(9(13)14)10(15)16/h(H,13,14)(H,15,16)(H,17,18)(H,19,20)(H,21,22)(H,23,24);1-4,7H,(H,11,12)(H,13,14)(H,15,16). The molecule has 0 aromatic heterocycles. The van der Waals surface area contributed by atoms with E-state index in [4.69, 9.17) is 46.0 Å². The van der Waals surface area contributed by atoms with Crippen molar-refractivity contribution < 1.29 is 89.1 Å². The Morgan fingerprint density at radius 3 is 0.927 bits per heavy atom. The lowest BCUT2D eigenvalue weighted by atomic mass is 9.86. The van der Waals surface area contributed by atoms with Crippen molar-refractivity contribution >= 4 is 65.5 Å². The van der Waals surface area contributed by atoms with Crippen LogP contribution in [-0.4, -0.2) is 105 Å². The summed E-state index contributed by atoms with van der Waals surface area (Å²) < 4.78 is 0. The maximum atomic E-state index is 11.2. The first-order valence-electron chi connectivity index (χ1n) is 9.94. The number of carbonyl (C=O) groups is 9. The Bertz CT molecular complexity index is 1310. The average molecular weight is 598 g/mol. The second-order valence-electron chi connectivity index (χ2n) is 7.06. The van der Waals surface area contributed by atoms with Gasteiger partial charge in [0.1, 0.15) is 0 Å². The van der Waals surface area contributed by atoms with Gasteiger partial charge in [0, 0.05) is 4.90 Å². The van der Waals surface area contributed by atoms with Crippen LogP contribution in [0.15, 0.2) is 29.2 Å². The van der Waals surface area contributed by atoms with Gasteiger partial charge in [-0.1, -0.05) is 23.9 Å². The van der Waals surface area contributed by atoms with Crippen LogP contribution in [0.25, 0.3) is 0 Å². The molecule has 2 aromatic rings. The van der Waals surface area contributed by atoms with E-state index in [1.165, 1.54) is 24.3 Å². The number of rotatable bonds is 11. The molecule has 0 bridgehead atoms. The van der Waals surface area contributed by atoms with E-state index in [0.29, 0.717) is 11.8 Å². The quantitative estimate of drug-likeness (QED) is 0.128. The molecule has 9 N–H and O–H groups in total. The SMILES string of the molecule is O=C(O)c1c(C(=O)O)c(C(=O)O)c(C(=O)O)c(C(=O)O)c1C(=O)O.O=C(O)c1ccccc1SC(C(=O)O)C(=O)O. The lowest BCUT2D eigenvalue weighted by molar-refractivity contribution is -0.146. The van der Waals surface area contributed by atoms with Gasteiger partial charge in [0.25, 0.3) is 0 Å². The topological polar surface area (TPSA) is 336 Å². The zero-order valence-electron chi connectivity index (χ0n) is 19.5. The van der Waals surface area contributed by atoms with Crippen molar-refractivity contribution in [3.05, 3.63) is 63.2 Å². The van der Waals surface area contributed by atoms with E-state index < -0.39 is 92.4 Å². The molecule has 2 rings (SSSR count). The van der Waals surface area contributed by atoms with Crippen molar-refractivity contribution in [2.75, 3.05) is 0 Å². The number of carboxylic acids is 9. The molecule has 0 saturated heterocycles. The van der Waals surface area contributed by atoms with Crippen molar-refractivity contribution in [1.29, 1.82) is 0 Å². The summed E-state index contributed by atoms with van der Waals surface area (Å²) in [5, 5.41) is 78.6. The van der Waals surface area contributed by atoms with Crippen molar-refractivity contribution in [2.24, 2.45) is 0 Å². The highest BCUT2D eigenvalue weighted by atomic mass is 32.2. The number of aliphatic carboxylic acids is 2. The highest BCUT2D eigenvalue weighted by Crippen LogP contribution is 2.30. The van der Waals surface area contributed by atoms with Crippen molar-refractivity contribution in [1.82, 2.24) is 0 Å². The zero-order valence-corrected chi connectivity index (χ0v) is 20.3. The Kier molecular flexibility index (Phi) is 10.6. The van der Waals surface area contributed by atoms with E-state index in [0.717, 1.165) is 0 Å². The first-order valence-corrected chi connectivity index (χ1v) is 10.8. The van der Waals surface area contributed by atoms with E-state index in [2.05, 4.69) is 0 Å². The first-order chi connectivity index (χ1) is 18.9. The fourth-order valence-electron chi connectivity index (χ4n) is 3.11. The number of hydrogen-bond donors (Lipinski definition) is 9. The number of carboxylic acid groups (broad SMARTS) is 9. The summed E-state index contributed by atoms with van der Waals surface area (Å²) in [6.07, 6.45) is 0. The molecule has 0 unspecified atom stereocenters. The second-order valence-corrected chi connectivity index (χ2v) is 8.20. The summed E-state index contributed by atoms with van der Waals surface area (Å²) in [6, 6.07) is 5.64. The van der Waals surface area contributed by atoms with Gasteiger partial charge in [-0.2, -0.15) is 0 Å². The third kappa shape index (κ3) is 7.32. The van der Waals surface area contributed by atoms with Crippen LogP contribution < -0.4 is 0 Å². The Morgan fingerprint density at radius 1 is 0.439 bits per heavy atom. The number of aromatic carboxylic acids is 7. The van der Waals surface area contributed by atoms with Gasteiger partial charge in [-0.15, -0.1) is 0 Å². The Balaban J connectivity index is 0.000000435. The molecule has 0 radical (unpaired) electrons. The predicted molar refractivity (Wildman–Crippen MR) is 127 cm³/mol. The monoisotopic (exact) mass is 598 g/mol. The molecule has 2 aromatic carbocycles. The van der Waals surface area contributed by atoms with Crippen LogP contribution in [0.2, 0.25) is 0 Å². The third-order valence-corrected chi connectivity index (χ3v) is 5.84. The smallest absolute Gasteiger partial charge is 0.337 e. The van der Waals surface area contributed by atoms with Gasteiger partial charge in [-0.05, 0) is 12.1 Å². The minimum Gasteiger partial charge on any atom is -0.480 e. The van der Waals surface area contributed by atoms with Crippen LogP contribution in [0.5, 0.6) is 0 Å². The maximum absolute atomic E-state index is 11.2. The van der Waals surface area contributed by atoms with E-state index in [-0.39, 0.29) is 10.5 Å². The second kappa shape index (κ2) is 13.2. The van der Waals surface area contributed by atoms with Crippen LogP contribution in [-0.2, 0) is 9.59 Å². The molecule has 216 valence electrons. The van der Waals surface area contributed by atoms with Crippen LogP contribution in [0.3, 0.4) is 0 Å². The first kappa shape index (κ1) is 33.0. The average Bonchev–Trinajstić information content (AvgIpc) is 2.84. The fraction of sp³-hybridized carbons (Fsp3) is 0.0455. The molecule has 0 atom stereocenters. The third-order valence-electron chi connectivity index (χ3n) is 4.59. The zero-order chi connectivity index (χ0) is 31.9. The minimum absolute atomic E-state index is 0.106. The van der Waals surface area contributed by atoms with E-state index in [1.54, 1.807) is 0 Å². The molecule has 18 nitrogen and oxygen atoms in total. The van der Waals surface area contributed by atoms with Gasteiger partial charge >= 0.3 is 53.7 Å². The fourth-order valence-corrected chi connectivity index (χ4v) is 4.01. The lowest BCUT2D eigenvalue weighted by Gasteiger charge is -2.15. The summed E-state index contributed by atoms with van der Waals surface area (Å²) in [4.78, 5) is 99.6. The summed E-state index contributed by atoms with van der Waals surface area (Å²) in [5.74, 6) is -17.8. The van der Waals surface area contributed by atoms with Gasteiger partial charge < -0.3 is 46.0 Å². The number of thioether (sulfide) groups is 1. The maximum Gasteiger partial charge on any atom is 0.337 e. The van der Waals surface area contributed by atoms with Crippen LogP contribution in [0.4, 0.5) is 0 Å². The molecule has 0 spiro atoms. The highest BCUT2D eigenvalue weighted by molar-refractivity contribution is 8.01. The summed E-state index contributed by atoms with van der Waals surface area (Å²) >= 11 is 0.480. The van der Waals surface area contributed by atoms with Crippen LogP contribution in [0.1, 0.15) is 72.5 Å². The molecule has 0 heterocycles. The van der Waals surface area contributed by atoms with Crippen molar-refractivity contribution in [3.8, 4) is 0 Å². The van der Waals surface area contributed by atoms with Gasteiger partial charge in [0.05, 0.1) is 38.9 Å². The Morgan fingerprint density at radius 2 is 0.707 bits per heavy atom. The molecule has 0 aliphatic heterocycles. The molecule has 41 heavy (non-hydrogen) atoms. The summed E-state index contributed by atoms with van der Waals surface area (Å²) in [7, 11) is 0.